The van der Waals surface area contributed by atoms with Gasteiger partial charge in [-0.2, -0.15) is 23.0 Å². The molecule has 0 unspecified atom stereocenters. The summed E-state index contributed by atoms with van der Waals surface area (Å²) in [5.41, 5.74) is 1.74. The lowest BCUT2D eigenvalue weighted by Crippen LogP contribution is -2.14. The fourth-order valence-corrected chi connectivity index (χ4v) is 3.57. The Labute approximate surface area is 211 Å². The molecule has 0 fully saturated rings. The first-order valence-electron chi connectivity index (χ1n) is 11.3. The van der Waals surface area contributed by atoms with E-state index in [0.717, 1.165) is 23.4 Å². The minimum absolute atomic E-state index is 0.0937. The van der Waals surface area contributed by atoms with Crippen LogP contribution in [-0.4, -0.2) is 39.8 Å². The van der Waals surface area contributed by atoms with Gasteiger partial charge in [-0.25, -0.2) is 9.97 Å². The van der Waals surface area contributed by atoms with Gasteiger partial charge in [-0.05, 0) is 49.9 Å². The van der Waals surface area contributed by atoms with Crippen LogP contribution in [0.3, 0.4) is 0 Å². The Morgan fingerprint density at radius 1 is 1.03 bits per heavy atom. The van der Waals surface area contributed by atoms with Gasteiger partial charge >= 0.3 is 6.18 Å². The van der Waals surface area contributed by atoms with Crippen LogP contribution in [0, 0.1) is 6.92 Å². The van der Waals surface area contributed by atoms with Crippen LogP contribution in [0.5, 0.6) is 0 Å². The molecule has 37 heavy (non-hydrogen) atoms. The van der Waals surface area contributed by atoms with E-state index in [-0.39, 0.29) is 5.56 Å². The molecule has 0 atom stereocenters. The number of carbonyl (C=O) groups is 1. The molecule has 12 heteroatoms. The van der Waals surface area contributed by atoms with Gasteiger partial charge in [0.2, 0.25) is 0 Å². The predicted molar refractivity (Wildman–Crippen MR) is 135 cm³/mol. The molecule has 0 aliphatic rings. The first-order chi connectivity index (χ1) is 17.7. The Kier molecular flexibility index (Phi) is 7.39. The number of aryl methyl sites for hydroxylation is 1. The highest BCUT2D eigenvalue weighted by Gasteiger charge is 2.30. The average Bonchev–Trinajstić information content (AvgIpc) is 3.28. The molecule has 0 aliphatic carbocycles. The van der Waals surface area contributed by atoms with Gasteiger partial charge in [0, 0.05) is 42.7 Å². The molecule has 4 N–H and O–H groups in total. The van der Waals surface area contributed by atoms with Crippen LogP contribution >= 0.6 is 0 Å². The Morgan fingerprint density at radius 3 is 2.57 bits per heavy atom. The molecule has 0 bridgehead atoms. The third-order valence-corrected chi connectivity index (χ3v) is 5.45. The molecule has 2 aromatic heterocycles. The average molecular weight is 511 g/mol. The molecule has 0 saturated heterocycles. The van der Waals surface area contributed by atoms with Crippen molar-refractivity contribution in [2.24, 2.45) is 0 Å². The van der Waals surface area contributed by atoms with Gasteiger partial charge in [0.15, 0.2) is 5.82 Å². The summed E-state index contributed by atoms with van der Waals surface area (Å²) in [6.07, 6.45) is -3.11. The smallest absolute Gasteiger partial charge is 0.373 e. The standard InChI is InChI=1S/C25H25F3N8O/c1-15-7-8-18(33-24(37)16-5-4-6-17(9-16)25(26,27)28)10-20(15)34-23-11-19(13-29-2)35-36(23)22-12-21(30-3)31-14-32-22/h4-12,14,29,34H,13H2,1-3H3,(H,33,37)(H,30,31,32). The molecule has 4 rings (SSSR count). The number of benzene rings is 2. The molecule has 0 spiro atoms. The summed E-state index contributed by atoms with van der Waals surface area (Å²) in [6, 6.07) is 13.1. The van der Waals surface area contributed by atoms with Crippen molar-refractivity contribution < 1.29 is 18.0 Å². The van der Waals surface area contributed by atoms with Gasteiger partial charge in [-0.15, -0.1) is 0 Å². The van der Waals surface area contributed by atoms with Crippen LogP contribution in [0.1, 0.15) is 27.2 Å². The lowest BCUT2D eigenvalue weighted by molar-refractivity contribution is -0.137. The number of nitrogens with zero attached hydrogens (tertiary/aromatic N) is 4. The normalized spacial score (nSPS) is 11.3. The van der Waals surface area contributed by atoms with E-state index in [1.807, 2.05) is 20.0 Å². The molecular weight excluding hydrogens is 485 g/mol. The molecule has 2 heterocycles. The van der Waals surface area contributed by atoms with E-state index >= 15 is 0 Å². The molecular formula is C25H25F3N8O. The Bertz CT molecular complexity index is 1420. The van der Waals surface area contributed by atoms with Crippen LogP contribution in [0.4, 0.5) is 36.2 Å². The molecule has 4 aromatic rings. The zero-order valence-corrected chi connectivity index (χ0v) is 20.3. The van der Waals surface area contributed by atoms with Crippen molar-refractivity contribution in [3.8, 4) is 5.82 Å². The zero-order valence-electron chi connectivity index (χ0n) is 20.3. The lowest BCUT2D eigenvalue weighted by Gasteiger charge is -2.14. The molecule has 0 aliphatic heterocycles. The first-order valence-corrected chi connectivity index (χ1v) is 11.3. The van der Waals surface area contributed by atoms with Crippen molar-refractivity contribution in [1.29, 1.82) is 0 Å². The van der Waals surface area contributed by atoms with E-state index < -0.39 is 17.6 Å². The molecule has 192 valence electrons. The lowest BCUT2D eigenvalue weighted by atomic mass is 10.1. The van der Waals surface area contributed by atoms with Crippen molar-refractivity contribution in [1.82, 2.24) is 25.1 Å². The van der Waals surface area contributed by atoms with Gasteiger partial charge in [-0.1, -0.05) is 12.1 Å². The van der Waals surface area contributed by atoms with Gasteiger partial charge in [0.25, 0.3) is 5.91 Å². The highest BCUT2D eigenvalue weighted by molar-refractivity contribution is 6.04. The topological polar surface area (TPSA) is 109 Å². The number of anilines is 4. The van der Waals surface area contributed by atoms with Crippen molar-refractivity contribution in [2.45, 2.75) is 19.6 Å². The first kappa shape index (κ1) is 25.6. The maximum atomic E-state index is 13.0. The number of aromatic nitrogens is 4. The second-order valence-electron chi connectivity index (χ2n) is 8.16. The van der Waals surface area contributed by atoms with Crippen LogP contribution in [-0.2, 0) is 12.7 Å². The zero-order chi connectivity index (χ0) is 26.6. The second kappa shape index (κ2) is 10.7. The number of nitrogens with one attached hydrogen (secondary N) is 4. The van der Waals surface area contributed by atoms with Gasteiger partial charge in [-0.3, -0.25) is 4.79 Å². The number of halogens is 3. The third kappa shape index (κ3) is 6.04. The second-order valence-corrected chi connectivity index (χ2v) is 8.16. The van der Waals surface area contributed by atoms with Crippen LogP contribution in [0.2, 0.25) is 0 Å². The number of rotatable bonds is 8. The predicted octanol–water partition coefficient (Wildman–Crippen LogP) is 4.75. The summed E-state index contributed by atoms with van der Waals surface area (Å²) in [5, 5.41) is 16.7. The largest absolute Gasteiger partial charge is 0.416 e. The number of hydrogen-bond donors (Lipinski definition) is 4. The summed E-state index contributed by atoms with van der Waals surface area (Å²) in [7, 11) is 3.57. The van der Waals surface area contributed by atoms with Crippen LogP contribution in [0.15, 0.2) is 60.9 Å². The van der Waals surface area contributed by atoms with Crippen molar-refractivity contribution >= 4 is 28.9 Å². The SMILES string of the molecule is CNCc1cc(Nc2cc(NC(=O)c3cccc(C(F)(F)F)c3)ccc2C)n(-c2cc(NC)ncn2)n1. The van der Waals surface area contributed by atoms with E-state index in [2.05, 4.69) is 36.3 Å². The summed E-state index contributed by atoms with van der Waals surface area (Å²) in [5.74, 6) is 1.13. The van der Waals surface area contributed by atoms with E-state index in [1.165, 1.54) is 18.5 Å². The number of amides is 1. The van der Waals surface area contributed by atoms with Crippen LogP contribution in [0.25, 0.3) is 5.82 Å². The van der Waals surface area contributed by atoms with E-state index in [4.69, 9.17) is 0 Å². The van der Waals surface area contributed by atoms with Crippen molar-refractivity contribution in [3.63, 3.8) is 0 Å². The maximum Gasteiger partial charge on any atom is 0.416 e. The van der Waals surface area contributed by atoms with Gasteiger partial charge in [0.1, 0.15) is 18.0 Å². The molecule has 2 aromatic carbocycles. The number of alkyl halides is 3. The van der Waals surface area contributed by atoms with Crippen LogP contribution < -0.4 is 21.3 Å². The Morgan fingerprint density at radius 2 is 1.84 bits per heavy atom. The minimum atomic E-state index is -4.54. The van der Waals surface area contributed by atoms with Gasteiger partial charge < -0.3 is 21.3 Å². The number of hydrogen-bond acceptors (Lipinski definition) is 7. The third-order valence-electron chi connectivity index (χ3n) is 5.45. The highest BCUT2D eigenvalue weighted by Crippen LogP contribution is 2.30. The Balaban J connectivity index is 1.62. The fraction of sp³-hybridized carbons (Fsp3) is 0.200. The summed E-state index contributed by atoms with van der Waals surface area (Å²) in [6.45, 7) is 2.41. The fourth-order valence-electron chi connectivity index (χ4n) is 3.57. The van der Waals surface area contributed by atoms with Crippen molar-refractivity contribution in [3.05, 3.63) is 83.3 Å². The van der Waals surface area contributed by atoms with Gasteiger partial charge in [0.05, 0.1) is 11.3 Å². The molecule has 9 nitrogen and oxygen atoms in total. The minimum Gasteiger partial charge on any atom is -0.373 e. The van der Waals surface area contributed by atoms with Crippen molar-refractivity contribution in [2.75, 3.05) is 30.0 Å². The highest BCUT2D eigenvalue weighted by atomic mass is 19.4. The molecule has 0 radical (unpaired) electrons. The quantitative estimate of drug-likeness (QED) is 0.271. The monoisotopic (exact) mass is 510 g/mol. The summed E-state index contributed by atoms with van der Waals surface area (Å²) < 4.78 is 40.8. The maximum absolute atomic E-state index is 13.0. The molecule has 0 saturated carbocycles. The van der Waals surface area contributed by atoms with E-state index in [9.17, 15) is 18.0 Å². The summed E-state index contributed by atoms with van der Waals surface area (Å²) in [4.78, 5) is 21.1. The number of carbonyl (C=O) groups excluding carboxylic acids is 1. The van der Waals surface area contributed by atoms with E-state index in [0.29, 0.717) is 35.4 Å². The Hall–Kier alpha value is -4.45. The van der Waals surface area contributed by atoms with E-state index in [1.54, 1.807) is 36.0 Å². The molecule has 1 amide bonds. The summed E-state index contributed by atoms with van der Waals surface area (Å²) >= 11 is 0.